The fourth-order valence-electron chi connectivity index (χ4n) is 1.00. The van der Waals surface area contributed by atoms with Crippen molar-refractivity contribution in [3.05, 3.63) is 0 Å². The first kappa shape index (κ1) is 14.3. The van der Waals surface area contributed by atoms with Crippen molar-refractivity contribution in [2.45, 2.75) is 32.4 Å². The SMILES string of the molecule is COC(=O)C(C)C(C)NCC(C)(O)CO. The van der Waals surface area contributed by atoms with Gasteiger partial charge in [0.25, 0.3) is 0 Å². The molecule has 3 atom stereocenters. The van der Waals surface area contributed by atoms with E-state index in [0.717, 1.165) is 0 Å². The Labute approximate surface area is 90.4 Å². The van der Waals surface area contributed by atoms with Crippen LogP contribution in [-0.4, -0.2) is 48.1 Å². The van der Waals surface area contributed by atoms with Gasteiger partial charge in [-0.05, 0) is 13.8 Å². The molecule has 5 nitrogen and oxygen atoms in total. The van der Waals surface area contributed by atoms with Crippen LogP contribution in [0.2, 0.25) is 0 Å². The Morgan fingerprint density at radius 3 is 2.47 bits per heavy atom. The number of aliphatic hydroxyl groups is 2. The zero-order chi connectivity index (χ0) is 12.1. The number of carbonyl (C=O) groups is 1. The molecule has 15 heavy (non-hydrogen) atoms. The topological polar surface area (TPSA) is 78.8 Å². The predicted octanol–water partition coefficient (Wildman–Crippen LogP) is -0.483. The Kier molecular flexibility index (Phi) is 5.79. The van der Waals surface area contributed by atoms with Crippen LogP contribution in [0.1, 0.15) is 20.8 Å². The van der Waals surface area contributed by atoms with Gasteiger partial charge < -0.3 is 20.3 Å². The Morgan fingerprint density at radius 2 is 2.07 bits per heavy atom. The second-order valence-electron chi connectivity index (χ2n) is 4.14. The van der Waals surface area contributed by atoms with Crippen LogP contribution in [0.5, 0.6) is 0 Å². The maximum absolute atomic E-state index is 11.2. The average Bonchev–Trinajstić information content (AvgIpc) is 2.23. The number of esters is 1. The molecule has 0 rings (SSSR count). The summed E-state index contributed by atoms with van der Waals surface area (Å²) in [5, 5.41) is 21.3. The monoisotopic (exact) mass is 219 g/mol. The van der Waals surface area contributed by atoms with Gasteiger partial charge in [0.05, 0.1) is 25.2 Å². The first-order chi connectivity index (χ1) is 6.84. The number of methoxy groups -OCH3 is 1. The van der Waals surface area contributed by atoms with Crippen LogP contribution in [0.3, 0.4) is 0 Å². The number of hydrogen-bond donors (Lipinski definition) is 3. The van der Waals surface area contributed by atoms with E-state index in [0.29, 0.717) is 0 Å². The third kappa shape index (κ3) is 5.11. The van der Waals surface area contributed by atoms with E-state index in [-0.39, 0.29) is 31.1 Å². The summed E-state index contributed by atoms with van der Waals surface area (Å²) in [6.07, 6.45) is 0. The van der Waals surface area contributed by atoms with Crippen molar-refractivity contribution in [3.63, 3.8) is 0 Å². The van der Waals surface area contributed by atoms with Gasteiger partial charge in [0.1, 0.15) is 0 Å². The molecule has 90 valence electrons. The Balaban J connectivity index is 4.03. The number of nitrogens with one attached hydrogen (secondary N) is 1. The zero-order valence-electron chi connectivity index (χ0n) is 9.78. The highest BCUT2D eigenvalue weighted by Gasteiger charge is 2.24. The van der Waals surface area contributed by atoms with E-state index >= 15 is 0 Å². The molecule has 0 saturated heterocycles. The van der Waals surface area contributed by atoms with Gasteiger partial charge in [0.2, 0.25) is 0 Å². The van der Waals surface area contributed by atoms with E-state index in [1.807, 2.05) is 6.92 Å². The molecule has 3 N–H and O–H groups in total. The summed E-state index contributed by atoms with van der Waals surface area (Å²) in [6, 6.07) is -0.115. The lowest BCUT2D eigenvalue weighted by Gasteiger charge is -2.25. The summed E-state index contributed by atoms with van der Waals surface area (Å²) in [7, 11) is 1.34. The van der Waals surface area contributed by atoms with Crippen LogP contribution in [0.4, 0.5) is 0 Å². The summed E-state index contributed by atoms with van der Waals surface area (Å²) in [4.78, 5) is 11.2. The fourth-order valence-corrected chi connectivity index (χ4v) is 1.00. The standard InChI is InChI=1S/C10H21NO4/c1-7(9(13)15-4)8(2)11-5-10(3,14)6-12/h7-8,11-12,14H,5-6H2,1-4H3. The quantitative estimate of drug-likeness (QED) is 0.526. The first-order valence-electron chi connectivity index (χ1n) is 4.98. The maximum Gasteiger partial charge on any atom is 0.309 e. The summed E-state index contributed by atoms with van der Waals surface area (Å²) in [6.45, 7) is 5.01. The minimum absolute atomic E-state index is 0.115. The van der Waals surface area contributed by atoms with Crippen molar-refractivity contribution >= 4 is 5.97 Å². The van der Waals surface area contributed by atoms with Gasteiger partial charge in [-0.3, -0.25) is 4.79 Å². The lowest BCUT2D eigenvalue weighted by atomic mass is 10.0. The van der Waals surface area contributed by atoms with Crippen molar-refractivity contribution in [3.8, 4) is 0 Å². The van der Waals surface area contributed by atoms with Gasteiger partial charge in [-0.25, -0.2) is 0 Å². The van der Waals surface area contributed by atoms with Crippen molar-refractivity contribution in [2.75, 3.05) is 20.3 Å². The molecule has 0 aromatic carbocycles. The van der Waals surface area contributed by atoms with Crippen LogP contribution < -0.4 is 5.32 Å². The molecule has 0 aliphatic heterocycles. The third-order valence-electron chi connectivity index (χ3n) is 2.47. The minimum Gasteiger partial charge on any atom is -0.469 e. The van der Waals surface area contributed by atoms with E-state index < -0.39 is 5.60 Å². The zero-order valence-corrected chi connectivity index (χ0v) is 9.78. The van der Waals surface area contributed by atoms with Crippen molar-refractivity contribution in [1.29, 1.82) is 0 Å². The van der Waals surface area contributed by atoms with Gasteiger partial charge in [-0.2, -0.15) is 0 Å². The van der Waals surface area contributed by atoms with Gasteiger partial charge >= 0.3 is 5.97 Å². The van der Waals surface area contributed by atoms with E-state index in [4.69, 9.17) is 5.11 Å². The van der Waals surface area contributed by atoms with E-state index in [1.54, 1.807) is 6.92 Å². The number of rotatable bonds is 6. The normalized spacial score (nSPS) is 19.1. The van der Waals surface area contributed by atoms with Crippen LogP contribution in [0.15, 0.2) is 0 Å². The highest BCUT2D eigenvalue weighted by Crippen LogP contribution is 2.06. The van der Waals surface area contributed by atoms with Gasteiger partial charge in [-0.15, -0.1) is 0 Å². The highest BCUT2D eigenvalue weighted by molar-refractivity contribution is 5.72. The predicted molar refractivity (Wildman–Crippen MR) is 56.4 cm³/mol. The second kappa shape index (κ2) is 6.05. The summed E-state index contributed by atoms with van der Waals surface area (Å²) in [5.74, 6) is -0.580. The van der Waals surface area contributed by atoms with Crippen LogP contribution in [0, 0.1) is 5.92 Å². The summed E-state index contributed by atoms with van der Waals surface area (Å²) in [5.41, 5.74) is -1.16. The molecule has 0 radical (unpaired) electrons. The third-order valence-corrected chi connectivity index (χ3v) is 2.47. The molecule has 0 spiro atoms. The van der Waals surface area contributed by atoms with E-state index in [1.165, 1.54) is 14.0 Å². The molecular formula is C10H21NO4. The number of hydrogen-bond acceptors (Lipinski definition) is 5. The molecule has 5 heteroatoms. The second-order valence-corrected chi connectivity index (χ2v) is 4.14. The average molecular weight is 219 g/mol. The van der Waals surface area contributed by atoms with Gasteiger partial charge in [-0.1, -0.05) is 6.92 Å². The van der Waals surface area contributed by atoms with Crippen molar-refractivity contribution in [2.24, 2.45) is 5.92 Å². The van der Waals surface area contributed by atoms with Gasteiger partial charge in [0, 0.05) is 12.6 Å². The Morgan fingerprint density at radius 1 is 1.53 bits per heavy atom. The number of aliphatic hydroxyl groups excluding tert-OH is 1. The molecule has 0 saturated carbocycles. The molecule has 0 aromatic rings. The van der Waals surface area contributed by atoms with E-state index in [2.05, 4.69) is 10.1 Å². The number of carbonyl (C=O) groups excluding carboxylic acids is 1. The van der Waals surface area contributed by atoms with Crippen LogP contribution in [-0.2, 0) is 9.53 Å². The largest absolute Gasteiger partial charge is 0.469 e. The lowest BCUT2D eigenvalue weighted by Crippen LogP contribution is -2.47. The minimum atomic E-state index is -1.16. The number of ether oxygens (including phenoxy) is 1. The van der Waals surface area contributed by atoms with Crippen LogP contribution in [0.25, 0.3) is 0 Å². The summed E-state index contributed by atoms with van der Waals surface area (Å²) < 4.78 is 4.60. The molecule has 0 bridgehead atoms. The molecule has 0 aliphatic rings. The summed E-state index contributed by atoms with van der Waals surface area (Å²) >= 11 is 0. The molecule has 0 aliphatic carbocycles. The van der Waals surface area contributed by atoms with Crippen molar-refractivity contribution < 1.29 is 19.7 Å². The molecule has 0 fully saturated rings. The van der Waals surface area contributed by atoms with Crippen molar-refractivity contribution in [1.82, 2.24) is 5.32 Å². The highest BCUT2D eigenvalue weighted by atomic mass is 16.5. The Bertz CT molecular complexity index is 206. The lowest BCUT2D eigenvalue weighted by molar-refractivity contribution is -0.145. The molecule has 0 amide bonds. The Hall–Kier alpha value is -0.650. The molecule has 0 aromatic heterocycles. The first-order valence-corrected chi connectivity index (χ1v) is 4.98. The molecule has 0 heterocycles. The van der Waals surface area contributed by atoms with Crippen LogP contribution >= 0.6 is 0 Å². The van der Waals surface area contributed by atoms with Gasteiger partial charge in [0.15, 0.2) is 0 Å². The fraction of sp³-hybridized carbons (Fsp3) is 0.900. The smallest absolute Gasteiger partial charge is 0.309 e. The maximum atomic E-state index is 11.2. The molecule has 3 unspecified atom stereocenters. The van der Waals surface area contributed by atoms with E-state index in [9.17, 15) is 9.90 Å². The molecular weight excluding hydrogens is 198 g/mol.